The quantitative estimate of drug-likeness (QED) is 0.719. The number of thiophene rings is 1. The fourth-order valence-corrected chi connectivity index (χ4v) is 2.33. The van der Waals surface area contributed by atoms with E-state index in [1.165, 1.54) is 35.9 Å². The number of nitrogens with zero attached hydrogens (tertiary/aromatic N) is 2. The molecule has 0 amide bonds. The van der Waals surface area contributed by atoms with Gasteiger partial charge in [-0.25, -0.2) is 14.4 Å². The summed E-state index contributed by atoms with van der Waals surface area (Å²) >= 11 is 1.48. The van der Waals surface area contributed by atoms with Crippen LogP contribution >= 0.6 is 11.3 Å². The monoisotopic (exact) mass is 261 g/mol. The predicted molar refractivity (Wildman–Crippen MR) is 68.3 cm³/mol. The molecule has 0 aliphatic heterocycles. The van der Waals surface area contributed by atoms with Gasteiger partial charge in [0.05, 0.1) is 11.2 Å². The molecule has 0 unspecified atom stereocenters. The number of rotatable bonds is 2. The van der Waals surface area contributed by atoms with Gasteiger partial charge >= 0.3 is 0 Å². The van der Waals surface area contributed by atoms with Crippen molar-refractivity contribution in [3.8, 4) is 11.6 Å². The summed E-state index contributed by atoms with van der Waals surface area (Å²) in [7, 11) is 0. The van der Waals surface area contributed by atoms with E-state index in [2.05, 4.69) is 9.97 Å². The molecule has 6 heteroatoms. The average molecular weight is 261 g/mol. The van der Waals surface area contributed by atoms with Gasteiger partial charge in [-0.05, 0) is 23.6 Å². The minimum atomic E-state index is -0.399. The molecule has 2 aromatic heterocycles. The molecule has 0 atom stereocenters. The van der Waals surface area contributed by atoms with Crippen LogP contribution in [0.25, 0.3) is 10.2 Å². The van der Waals surface area contributed by atoms with Crippen LogP contribution in [0.15, 0.2) is 36.0 Å². The normalized spacial score (nSPS) is 10.7. The zero-order valence-electron chi connectivity index (χ0n) is 9.13. The van der Waals surface area contributed by atoms with Crippen molar-refractivity contribution in [2.24, 2.45) is 0 Å². The Bertz CT molecular complexity index is 713. The van der Waals surface area contributed by atoms with Crippen molar-refractivity contribution in [1.29, 1.82) is 0 Å². The topological polar surface area (TPSA) is 61.0 Å². The lowest BCUT2D eigenvalue weighted by Crippen LogP contribution is -1.94. The lowest BCUT2D eigenvalue weighted by molar-refractivity contribution is 0.469. The van der Waals surface area contributed by atoms with Gasteiger partial charge in [-0.3, -0.25) is 0 Å². The number of hydrogen-bond donors (Lipinski definition) is 1. The number of hydrogen-bond acceptors (Lipinski definition) is 5. The highest BCUT2D eigenvalue weighted by Gasteiger charge is 2.09. The summed E-state index contributed by atoms with van der Waals surface area (Å²) < 4.78 is 19.4. The average Bonchev–Trinajstić information content (AvgIpc) is 2.82. The van der Waals surface area contributed by atoms with Gasteiger partial charge < -0.3 is 10.5 Å². The molecule has 4 nitrogen and oxygen atoms in total. The summed E-state index contributed by atoms with van der Waals surface area (Å²) in [5, 5.41) is 1.90. The third kappa shape index (κ3) is 1.86. The van der Waals surface area contributed by atoms with Crippen molar-refractivity contribution in [3.05, 3.63) is 41.8 Å². The van der Waals surface area contributed by atoms with Crippen molar-refractivity contribution in [2.75, 3.05) is 5.73 Å². The summed E-state index contributed by atoms with van der Waals surface area (Å²) in [6, 6.07) is 5.86. The molecule has 2 N–H and O–H groups in total. The first-order valence-electron chi connectivity index (χ1n) is 5.15. The SMILES string of the molecule is Nc1cc(F)ccc1Oc1ncnc2ccsc12. The van der Waals surface area contributed by atoms with Crippen LogP contribution in [0.5, 0.6) is 11.6 Å². The molecule has 0 bridgehead atoms. The van der Waals surface area contributed by atoms with Crippen LogP contribution in [-0.4, -0.2) is 9.97 Å². The molecule has 3 rings (SSSR count). The molecule has 0 radical (unpaired) electrons. The Hall–Kier alpha value is -2.21. The summed E-state index contributed by atoms with van der Waals surface area (Å²) in [5.74, 6) is 0.405. The number of nitrogens with two attached hydrogens (primary N) is 1. The molecule has 90 valence electrons. The molecular formula is C12H8FN3OS. The largest absolute Gasteiger partial charge is 0.435 e. The van der Waals surface area contributed by atoms with Gasteiger partial charge in [-0.2, -0.15) is 0 Å². The van der Waals surface area contributed by atoms with Gasteiger partial charge in [0.1, 0.15) is 16.8 Å². The maximum absolute atomic E-state index is 12.9. The Morgan fingerprint density at radius 2 is 2.11 bits per heavy atom. The molecule has 0 aliphatic rings. The standard InChI is InChI=1S/C12H8FN3OS/c13-7-1-2-10(8(14)5-7)17-12-11-9(3-4-18-11)15-6-16-12/h1-6H,14H2. The van der Waals surface area contributed by atoms with Crippen LogP contribution in [0.4, 0.5) is 10.1 Å². The first kappa shape index (κ1) is 10.9. The van der Waals surface area contributed by atoms with E-state index in [9.17, 15) is 4.39 Å². The minimum Gasteiger partial charge on any atom is -0.435 e. The maximum atomic E-state index is 12.9. The summed E-state index contributed by atoms with van der Waals surface area (Å²) in [6.45, 7) is 0. The zero-order valence-corrected chi connectivity index (χ0v) is 9.95. The zero-order chi connectivity index (χ0) is 12.5. The van der Waals surface area contributed by atoms with E-state index in [0.29, 0.717) is 11.6 Å². The van der Waals surface area contributed by atoms with Gasteiger partial charge in [0.2, 0.25) is 5.88 Å². The Kier molecular flexibility index (Phi) is 2.56. The van der Waals surface area contributed by atoms with E-state index in [1.54, 1.807) is 0 Å². The number of fused-ring (bicyclic) bond motifs is 1. The highest BCUT2D eigenvalue weighted by Crippen LogP contribution is 2.32. The smallest absolute Gasteiger partial charge is 0.240 e. The fraction of sp³-hybridized carbons (Fsp3) is 0. The second kappa shape index (κ2) is 4.23. The van der Waals surface area contributed by atoms with Crippen LogP contribution in [0.3, 0.4) is 0 Å². The first-order chi connectivity index (χ1) is 8.74. The highest BCUT2D eigenvalue weighted by molar-refractivity contribution is 7.17. The fourth-order valence-electron chi connectivity index (χ4n) is 1.56. The summed E-state index contributed by atoms with van der Waals surface area (Å²) in [5.41, 5.74) is 6.73. The van der Waals surface area contributed by atoms with E-state index in [0.717, 1.165) is 10.2 Å². The molecule has 0 aliphatic carbocycles. The molecular weight excluding hydrogens is 253 g/mol. The lowest BCUT2D eigenvalue weighted by Gasteiger charge is -2.07. The summed E-state index contributed by atoms with van der Waals surface area (Å²) in [6.07, 6.45) is 1.42. The minimum absolute atomic E-state index is 0.235. The second-order valence-electron chi connectivity index (χ2n) is 3.60. The van der Waals surface area contributed by atoms with Gasteiger partial charge in [0.25, 0.3) is 0 Å². The van der Waals surface area contributed by atoms with Crippen molar-refractivity contribution in [3.63, 3.8) is 0 Å². The van der Waals surface area contributed by atoms with Crippen LogP contribution in [0.1, 0.15) is 0 Å². The van der Waals surface area contributed by atoms with Crippen LogP contribution in [0, 0.1) is 5.82 Å². The number of aromatic nitrogens is 2. The molecule has 0 saturated heterocycles. The number of halogens is 1. The number of nitrogen functional groups attached to an aromatic ring is 1. The van der Waals surface area contributed by atoms with Gasteiger partial charge in [-0.15, -0.1) is 11.3 Å². The van der Waals surface area contributed by atoms with E-state index in [4.69, 9.17) is 10.5 Å². The molecule has 18 heavy (non-hydrogen) atoms. The number of ether oxygens (including phenoxy) is 1. The van der Waals surface area contributed by atoms with Gasteiger partial charge in [-0.1, -0.05) is 0 Å². The van der Waals surface area contributed by atoms with Crippen molar-refractivity contribution >= 4 is 27.2 Å². The molecule has 0 spiro atoms. The molecule has 2 heterocycles. The van der Waals surface area contributed by atoms with Crippen molar-refractivity contribution < 1.29 is 9.13 Å². The maximum Gasteiger partial charge on any atom is 0.240 e. The Balaban J connectivity index is 2.03. The highest BCUT2D eigenvalue weighted by atomic mass is 32.1. The van der Waals surface area contributed by atoms with Crippen molar-refractivity contribution in [2.45, 2.75) is 0 Å². The summed E-state index contributed by atoms with van der Waals surface area (Å²) in [4.78, 5) is 8.17. The first-order valence-corrected chi connectivity index (χ1v) is 6.03. The Labute approximate surface area is 106 Å². The van der Waals surface area contributed by atoms with Crippen molar-refractivity contribution in [1.82, 2.24) is 9.97 Å². The molecule has 0 fully saturated rings. The van der Waals surface area contributed by atoms with E-state index >= 15 is 0 Å². The number of anilines is 1. The number of benzene rings is 1. The van der Waals surface area contributed by atoms with E-state index in [1.807, 2.05) is 11.4 Å². The van der Waals surface area contributed by atoms with Gasteiger partial charge in [0, 0.05) is 6.07 Å². The second-order valence-corrected chi connectivity index (χ2v) is 4.51. The predicted octanol–water partition coefficient (Wildman–Crippen LogP) is 3.20. The van der Waals surface area contributed by atoms with E-state index in [-0.39, 0.29) is 5.69 Å². The van der Waals surface area contributed by atoms with Gasteiger partial charge in [0.15, 0.2) is 5.75 Å². The van der Waals surface area contributed by atoms with Crippen LogP contribution < -0.4 is 10.5 Å². The Morgan fingerprint density at radius 3 is 2.94 bits per heavy atom. The van der Waals surface area contributed by atoms with Crippen LogP contribution in [-0.2, 0) is 0 Å². The lowest BCUT2D eigenvalue weighted by atomic mass is 10.3. The Morgan fingerprint density at radius 1 is 1.22 bits per heavy atom. The molecule has 1 aromatic carbocycles. The molecule has 3 aromatic rings. The third-order valence-electron chi connectivity index (χ3n) is 2.39. The third-order valence-corrected chi connectivity index (χ3v) is 3.28. The van der Waals surface area contributed by atoms with E-state index < -0.39 is 5.82 Å². The molecule has 0 saturated carbocycles. The van der Waals surface area contributed by atoms with Crippen LogP contribution in [0.2, 0.25) is 0 Å².